The Morgan fingerprint density at radius 2 is 1.93 bits per heavy atom. The zero-order valence-corrected chi connectivity index (χ0v) is 24.5. The van der Waals surface area contributed by atoms with Crippen LogP contribution in [0, 0.1) is 5.41 Å². The van der Waals surface area contributed by atoms with Crippen molar-refractivity contribution in [2.24, 2.45) is 5.16 Å². The van der Waals surface area contributed by atoms with Gasteiger partial charge in [-0.05, 0) is 31.2 Å². The highest BCUT2D eigenvalue weighted by atomic mass is 32.2. The van der Waals surface area contributed by atoms with Crippen LogP contribution in [0.3, 0.4) is 0 Å². The van der Waals surface area contributed by atoms with Gasteiger partial charge in [-0.3, -0.25) is 19.6 Å². The van der Waals surface area contributed by atoms with Crippen molar-refractivity contribution in [3.05, 3.63) is 40.4 Å². The van der Waals surface area contributed by atoms with Crippen LogP contribution >= 0.6 is 11.3 Å². The first-order chi connectivity index (χ1) is 21.0. The number of ether oxygens (including phenoxy) is 1. The molecule has 2 aromatic rings. The van der Waals surface area contributed by atoms with Gasteiger partial charge in [0.2, 0.25) is 0 Å². The molecule has 0 spiro atoms. The van der Waals surface area contributed by atoms with Crippen molar-refractivity contribution >= 4 is 56.1 Å². The molecule has 2 aliphatic rings. The number of amides is 2. The molecule has 3 heterocycles. The molecule has 22 heteroatoms. The molecule has 2 aliphatic heterocycles. The minimum atomic E-state index is -5.10. The molecule has 17 nitrogen and oxygen atoms in total. The van der Waals surface area contributed by atoms with Gasteiger partial charge in [0.1, 0.15) is 34.8 Å². The number of halogens is 3. The lowest BCUT2D eigenvalue weighted by molar-refractivity contribution is -0.152. The Bertz CT molecular complexity index is 1630. The average molecular weight is 679 g/mol. The number of β-lactam (4-membered cyclic amide) rings is 1. The second-order valence-corrected chi connectivity index (χ2v) is 11.9. The molecule has 0 aliphatic carbocycles. The summed E-state index contributed by atoms with van der Waals surface area (Å²) in [5, 5.41) is 28.4. The van der Waals surface area contributed by atoms with E-state index in [0.717, 1.165) is 6.92 Å². The van der Waals surface area contributed by atoms with E-state index in [4.69, 9.17) is 25.3 Å². The molecule has 3 atom stereocenters. The summed E-state index contributed by atoms with van der Waals surface area (Å²) in [6.07, 6.45) is -7.09. The van der Waals surface area contributed by atoms with Crippen LogP contribution in [0.1, 0.15) is 23.1 Å². The first-order valence-electron chi connectivity index (χ1n) is 12.7. The van der Waals surface area contributed by atoms with Gasteiger partial charge in [-0.2, -0.15) is 21.6 Å². The third kappa shape index (κ3) is 7.58. The summed E-state index contributed by atoms with van der Waals surface area (Å²) >= 11 is -0.0567. The Labute approximate surface area is 255 Å². The van der Waals surface area contributed by atoms with Gasteiger partial charge in [0, 0.05) is 18.7 Å². The van der Waals surface area contributed by atoms with E-state index in [9.17, 15) is 41.1 Å². The lowest BCUT2D eigenvalue weighted by Crippen LogP contribution is -2.71. The van der Waals surface area contributed by atoms with Gasteiger partial charge < -0.3 is 36.4 Å². The molecule has 244 valence electrons. The summed E-state index contributed by atoms with van der Waals surface area (Å²) in [5.74, 6) is -4.22. The molecule has 2 saturated heterocycles. The minimum absolute atomic E-state index is 0.0306. The number of nitrogens with one attached hydrogen (secondary N) is 4. The number of aliphatic carboxylic acids is 1. The molecular weight excluding hydrogens is 653 g/mol. The van der Waals surface area contributed by atoms with E-state index in [1.165, 1.54) is 24.3 Å². The number of alkyl halides is 3. The Hall–Kier alpha value is -4.54. The molecule has 2 amide bonds. The molecule has 1 unspecified atom stereocenters. The first kappa shape index (κ1) is 33.4. The second-order valence-electron chi connectivity index (χ2n) is 9.61. The van der Waals surface area contributed by atoms with Gasteiger partial charge in [-0.15, -0.1) is 0 Å². The molecule has 0 bridgehead atoms. The number of anilines is 1. The van der Waals surface area contributed by atoms with E-state index in [2.05, 4.69) is 20.8 Å². The van der Waals surface area contributed by atoms with E-state index in [-0.39, 0.29) is 33.3 Å². The van der Waals surface area contributed by atoms with E-state index in [1.54, 1.807) is 0 Å². The number of oxime groups is 1. The van der Waals surface area contributed by atoms with Gasteiger partial charge in [0.15, 0.2) is 10.8 Å². The average Bonchev–Trinajstić information content (AvgIpc) is 3.32. The van der Waals surface area contributed by atoms with Crippen LogP contribution in [0.25, 0.3) is 0 Å². The van der Waals surface area contributed by atoms with Crippen molar-refractivity contribution in [2.75, 3.05) is 25.4 Å². The van der Waals surface area contributed by atoms with E-state index in [1.807, 2.05) is 5.32 Å². The summed E-state index contributed by atoms with van der Waals surface area (Å²) < 4.78 is 78.5. The third-order valence-corrected chi connectivity index (χ3v) is 8.37. The molecule has 0 radical (unpaired) electrons. The van der Waals surface area contributed by atoms with Crippen molar-refractivity contribution in [2.45, 2.75) is 37.3 Å². The zero-order valence-electron chi connectivity index (χ0n) is 22.9. The summed E-state index contributed by atoms with van der Waals surface area (Å²) in [4.78, 5) is 44.0. The molecule has 45 heavy (non-hydrogen) atoms. The number of amidine groups is 1. The Morgan fingerprint density at radius 3 is 2.44 bits per heavy atom. The Kier molecular flexibility index (Phi) is 9.51. The van der Waals surface area contributed by atoms with Crippen LogP contribution in [-0.2, 0) is 35.7 Å². The van der Waals surface area contributed by atoms with E-state index in [0.29, 0.717) is 18.7 Å². The zero-order chi connectivity index (χ0) is 33.3. The van der Waals surface area contributed by atoms with Crippen molar-refractivity contribution in [1.29, 1.82) is 5.41 Å². The Balaban J connectivity index is 1.52. The fourth-order valence-corrected chi connectivity index (χ4v) is 5.61. The quantitative estimate of drug-likeness (QED) is 0.0487. The fourth-order valence-electron chi connectivity index (χ4n) is 4.03. The van der Waals surface area contributed by atoms with Crippen LogP contribution in [-0.4, -0.2) is 101 Å². The van der Waals surface area contributed by atoms with Crippen LogP contribution in [0.4, 0.5) is 18.3 Å². The van der Waals surface area contributed by atoms with Crippen LogP contribution in [0.15, 0.2) is 29.4 Å². The number of benzene rings is 1. The minimum Gasteiger partial charge on any atom is -0.489 e. The van der Waals surface area contributed by atoms with Crippen molar-refractivity contribution in [3.8, 4) is 5.75 Å². The number of aromatic nitrogens is 1. The summed E-state index contributed by atoms with van der Waals surface area (Å²) in [5.41, 5.74) is 3.57. The van der Waals surface area contributed by atoms with Gasteiger partial charge in [-0.25, -0.2) is 14.1 Å². The van der Waals surface area contributed by atoms with Gasteiger partial charge in [-0.1, -0.05) is 16.5 Å². The molecule has 8 N–H and O–H groups in total. The number of nitrogen functional groups attached to an aromatic ring is 1. The maximum absolute atomic E-state index is 13.7. The van der Waals surface area contributed by atoms with Crippen LogP contribution in [0.5, 0.6) is 5.75 Å². The lowest BCUT2D eigenvalue weighted by atomic mass is 10.0. The second kappa shape index (κ2) is 12.8. The monoisotopic (exact) mass is 678 g/mol. The normalized spacial score (nSPS) is 19.6. The number of rotatable bonds is 12. The standard InChI is InChI=1S/C23H25F3N8O9S2/c1-9-14(20(36)34(9)45(39,40)41)31-19(35)16(15-17(23(24,25)26)44-22(28)32-15)33-43-13(21(37)38)8-42-12-4-2-10(3-5-12)18(27)30-11-6-29-7-11/h2-5,9,11,13-14,29H,6-8H2,1H3,(H2,27,30)(H2,28,32)(H,31,35)(H,37,38)(H,39,40,41)/t9-,13?,14-/m0/s1. The van der Waals surface area contributed by atoms with Crippen LogP contribution in [0.2, 0.25) is 0 Å². The maximum Gasteiger partial charge on any atom is 0.427 e. The number of carboxylic acids is 1. The highest BCUT2D eigenvalue weighted by Gasteiger charge is 2.52. The number of nitrogens with two attached hydrogens (primary N) is 1. The summed E-state index contributed by atoms with van der Waals surface area (Å²) in [6, 6.07) is 3.08. The van der Waals surface area contributed by atoms with E-state index < -0.39 is 80.5 Å². The van der Waals surface area contributed by atoms with Gasteiger partial charge >= 0.3 is 22.4 Å². The van der Waals surface area contributed by atoms with Crippen molar-refractivity contribution < 1.29 is 55.2 Å². The number of nitrogens with zero attached hydrogens (tertiary/aromatic N) is 3. The Morgan fingerprint density at radius 1 is 1.29 bits per heavy atom. The largest absolute Gasteiger partial charge is 0.489 e. The number of carbonyl (C=O) groups excluding carboxylic acids is 2. The SMILES string of the molecule is C[C@H]1[C@H](NC(=O)C(=NOC(COc2ccc(C(=N)NC3CNC3)cc2)C(=O)O)c2nc(N)sc2C(F)(F)F)C(=O)N1S(=O)(=O)O. The smallest absolute Gasteiger partial charge is 0.427 e. The molecule has 1 aromatic carbocycles. The number of carbonyl (C=O) groups is 3. The van der Waals surface area contributed by atoms with Gasteiger partial charge in [0.05, 0.1) is 12.1 Å². The maximum atomic E-state index is 13.7. The van der Waals surface area contributed by atoms with E-state index >= 15 is 0 Å². The fraction of sp³-hybridized carbons (Fsp3) is 0.391. The van der Waals surface area contributed by atoms with Gasteiger partial charge in [0.25, 0.3) is 17.9 Å². The molecule has 4 rings (SSSR count). The first-order valence-corrected chi connectivity index (χ1v) is 14.9. The number of thiazole rings is 1. The highest BCUT2D eigenvalue weighted by Crippen LogP contribution is 2.38. The molecular formula is C23H25F3N8O9S2. The van der Waals surface area contributed by atoms with Crippen molar-refractivity contribution in [1.82, 2.24) is 25.2 Å². The molecule has 0 saturated carbocycles. The third-order valence-electron chi connectivity index (χ3n) is 6.43. The molecule has 1 aromatic heterocycles. The number of hydrogen-bond acceptors (Lipinski definition) is 13. The summed E-state index contributed by atoms with van der Waals surface area (Å²) in [6.45, 7) is 1.79. The van der Waals surface area contributed by atoms with Crippen molar-refractivity contribution in [3.63, 3.8) is 0 Å². The van der Waals surface area contributed by atoms with Crippen LogP contribution < -0.4 is 26.4 Å². The summed E-state index contributed by atoms with van der Waals surface area (Å²) in [7, 11) is -4.99. The predicted molar refractivity (Wildman–Crippen MR) is 149 cm³/mol. The predicted octanol–water partition coefficient (Wildman–Crippen LogP) is -0.598. The lowest BCUT2D eigenvalue weighted by Gasteiger charge is -2.42. The molecule has 2 fully saturated rings. The number of hydrogen-bond donors (Lipinski definition) is 7. The topological polar surface area (TPSA) is 259 Å². The number of carboxylic acid groups (broad SMARTS) is 1. The highest BCUT2D eigenvalue weighted by molar-refractivity contribution is 7.84.